The number of carbonyl (C=O) groups excluding carboxylic acids is 2. The molecule has 26 heavy (non-hydrogen) atoms. The number of phosphoric ester groups is 1. The molecule has 0 fully saturated rings. The molecule has 8 nitrogen and oxygen atoms in total. The van der Waals surface area contributed by atoms with Crippen LogP contribution in [0.2, 0.25) is 0 Å². The first kappa shape index (κ1) is 19.8. The van der Waals surface area contributed by atoms with Crippen molar-refractivity contribution in [2.75, 3.05) is 13.2 Å². The molecule has 0 saturated carbocycles. The second kappa shape index (κ2) is 9.26. The van der Waals surface area contributed by atoms with E-state index in [1.165, 1.54) is 12.1 Å². The van der Waals surface area contributed by atoms with E-state index in [-0.39, 0.29) is 11.1 Å². The van der Waals surface area contributed by atoms with E-state index in [2.05, 4.69) is 4.52 Å². The predicted octanol–water partition coefficient (Wildman–Crippen LogP) is 2.18. The highest BCUT2D eigenvalue weighted by atomic mass is 31.2. The van der Waals surface area contributed by atoms with Crippen LogP contribution in [0.1, 0.15) is 20.7 Å². The summed E-state index contributed by atoms with van der Waals surface area (Å²) in [5, 5.41) is 0. The van der Waals surface area contributed by atoms with Crippen molar-refractivity contribution >= 4 is 19.8 Å². The fourth-order valence-electron chi connectivity index (χ4n) is 1.92. The lowest BCUT2D eigenvalue weighted by Crippen LogP contribution is -2.29. The lowest BCUT2D eigenvalue weighted by molar-refractivity contribution is -0.0169. The molecule has 2 aromatic carbocycles. The van der Waals surface area contributed by atoms with Crippen molar-refractivity contribution in [1.29, 1.82) is 0 Å². The second-order valence-electron chi connectivity index (χ2n) is 5.14. The van der Waals surface area contributed by atoms with Crippen LogP contribution >= 0.6 is 7.82 Å². The lowest BCUT2D eigenvalue weighted by Gasteiger charge is -2.18. The highest BCUT2D eigenvalue weighted by Crippen LogP contribution is 2.35. The summed E-state index contributed by atoms with van der Waals surface area (Å²) in [6.45, 7) is -1.06. The first-order valence-corrected chi connectivity index (χ1v) is 9.06. The van der Waals surface area contributed by atoms with E-state index in [0.717, 1.165) is 0 Å². The summed E-state index contributed by atoms with van der Waals surface area (Å²) in [5.74, 6) is -1.40. The van der Waals surface area contributed by atoms with Crippen LogP contribution in [0.25, 0.3) is 0 Å². The number of esters is 2. The van der Waals surface area contributed by atoms with E-state index in [0.29, 0.717) is 0 Å². The van der Waals surface area contributed by atoms with Gasteiger partial charge in [0.25, 0.3) is 0 Å². The number of rotatable bonds is 8. The number of benzene rings is 2. The number of carbonyl (C=O) groups is 2. The smallest absolute Gasteiger partial charge is 0.458 e. The van der Waals surface area contributed by atoms with Gasteiger partial charge in [0, 0.05) is 0 Å². The van der Waals surface area contributed by atoms with E-state index in [9.17, 15) is 14.2 Å². The van der Waals surface area contributed by atoms with Crippen LogP contribution in [-0.2, 0) is 18.6 Å². The number of ether oxygens (including phenoxy) is 2. The highest BCUT2D eigenvalue weighted by Gasteiger charge is 2.23. The fourth-order valence-corrected chi connectivity index (χ4v) is 2.28. The first-order valence-electron chi connectivity index (χ1n) is 7.53. The predicted molar refractivity (Wildman–Crippen MR) is 90.4 cm³/mol. The van der Waals surface area contributed by atoms with Crippen LogP contribution in [0.15, 0.2) is 60.7 Å². The summed E-state index contributed by atoms with van der Waals surface area (Å²) in [6.07, 6.45) is -1.19. The Bertz CT molecular complexity index is 772. The van der Waals surface area contributed by atoms with Gasteiger partial charge in [-0.15, -0.1) is 0 Å². The molecule has 2 aromatic rings. The maximum Gasteiger partial charge on any atom is 0.469 e. The molecule has 1 atom stereocenters. The topological polar surface area (TPSA) is 119 Å². The van der Waals surface area contributed by atoms with Crippen LogP contribution < -0.4 is 0 Å². The van der Waals surface area contributed by atoms with Crippen molar-refractivity contribution in [3.8, 4) is 0 Å². The lowest BCUT2D eigenvalue weighted by atomic mass is 10.2. The van der Waals surface area contributed by atoms with Crippen LogP contribution in [-0.4, -0.2) is 41.0 Å². The van der Waals surface area contributed by atoms with E-state index in [1.807, 2.05) is 0 Å². The molecule has 0 bridgehead atoms. The van der Waals surface area contributed by atoms with Crippen molar-refractivity contribution < 1.29 is 37.9 Å². The molecule has 2 rings (SSSR count). The van der Waals surface area contributed by atoms with Gasteiger partial charge in [-0.05, 0) is 24.3 Å². The molecule has 0 aliphatic rings. The van der Waals surface area contributed by atoms with Gasteiger partial charge in [-0.2, -0.15) is 0 Å². The molecule has 0 heterocycles. The molecule has 0 radical (unpaired) electrons. The molecule has 0 aromatic heterocycles. The Labute approximate surface area is 149 Å². The Kier molecular flexibility index (Phi) is 7.06. The fraction of sp³-hybridized carbons (Fsp3) is 0.176. The monoisotopic (exact) mass is 380 g/mol. The summed E-state index contributed by atoms with van der Waals surface area (Å²) in [7, 11) is -4.77. The summed E-state index contributed by atoms with van der Waals surface area (Å²) in [4.78, 5) is 41.7. The molecular formula is C17H17O8P. The molecule has 9 heteroatoms. The van der Waals surface area contributed by atoms with Gasteiger partial charge in [0.15, 0.2) is 6.10 Å². The largest absolute Gasteiger partial charge is 0.469 e. The van der Waals surface area contributed by atoms with E-state index < -0.39 is 39.1 Å². The van der Waals surface area contributed by atoms with Crippen LogP contribution in [0.5, 0.6) is 0 Å². The quantitative estimate of drug-likeness (QED) is 0.528. The van der Waals surface area contributed by atoms with Crippen LogP contribution in [0, 0.1) is 0 Å². The van der Waals surface area contributed by atoms with Crippen molar-refractivity contribution in [2.24, 2.45) is 0 Å². The number of hydrogen-bond donors (Lipinski definition) is 2. The van der Waals surface area contributed by atoms with Gasteiger partial charge < -0.3 is 19.3 Å². The summed E-state index contributed by atoms with van der Waals surface area (Å²) >= 11 is 0. The molecule has 2 N–H and O–H groups in total. The Morgan fingerprint density at radius 2 is 1.35 bits per heavy atom. The number of phosphoric acid groups is 1. The molecule has 1 unspecified atom stereocenters. The minimum Gasteiger partial charge on any atom is -0.458 e. The summed E-state index contributed by atoms with van der Waals surface area (Å²) < 4.78 is 25.4. The zero-order chi connectivity index (χ0) is 19.0. The van der Waals surface area contributed by atoms with E-state index in [4.69, 9.17) is 19.3 Å². The van der Waals surface area contributed by atoms with Crippen molar-refractivity contribution in [3.63, 3.8) is 0 Å². The third kappa shape index (κ3) is 6.78. The van der Waals surface area contributed by atoms with Crippen molar-refractivity contribution in [1.82, 2.24) is 0 Å². The van der Waals surface area contributed by atoms with E-state index >= 15 is 0 Å². The average Bonchev–Trinajstić information content (AvgIpc) is 2.64. The van der Waals surface area contributed by atoms with Gasteiger partial charge in [0.1, 0.15) is 6.61 Å². The Morgan fingerprint density at radius 1 is 0.846 bits per heavy atom. The van der Waals surface area contributed by atoms with Gasteiger partial charge in [-0.25, -0.2) is 14.2 Å². The maximum absolute atomic E-state index is 12.1. The van der Waals surface area contributed by atoms with Crippen LogP contribution in [0.3, 0.4) is 0 Å². The van der Waals surface area contributed by atoms with E-state index in [1.54, 1.807) is 48.5 Å². The SMILES string of the molecule is O=C(OCC(COP(=O)(O)O)OC(=O)c1ccccc1)c1ccccc1. The molecule has 0 aliphatic heterocycles. The maximum atomic E-state index is 12.1. The molecule has 0 saturated heterocycles. The normalized spacial score (nSPS) is 12.2. The standard InChI is InChI=1S/C17H17O8P/c18-16(13-7-3-1-4-8-13)23-11-15(12-24-26(20,21)22)25-17(19)14-9-5-2-6-10-14/h1-10,15H,11-12H2,(H2,20,21,22). The average molecular weight is 380 g/mol. The minimum atomic E-state index is -4.77. The second-order valence-corrected chi connectivity index (χ2v) is 6.38. The van der Waals surface area contributed by atoms with Gasteiger partial charge >= 0.3 is 19.8 Å². The van der Waals surface area contributed by atoms with Gasteiger partial charge in [-0.3, -0.25) is 4.52 Å². The van der Waals surface area contributed by atoms with Gasteiger partial charge in [0.05, 0.1) is 17.7 Å². The van der Waals surface area contributed by atoms with Crippen molar-refractivity contribution in [3.05, 3.63) is 71.8 Å². The summed E-state index contributed by atoms with van der Waals surface area (Å²) in [6, 6.07) is 16.1. The van der Waals surface area contributed by atoms with Gasteiger partial charge in [-0.1, -0.05) is 36.4 Å². The third-order valence-electron chi connectivity index (χ3n) is 3.12. The molecule has 0 aliphatic carbocycles. The number of hydrogen-bond acceptors (Lipinski definition) is 6. The highest BCUT2D eigenvalue weighted by molar-refractivity contribution is 7.46. The molecule has 138 valence electrons. The summed E-state index contributed by atoms with van der Waals surface area (Å²) in [5.41, 5.74) is 0.527. The molecule has 0 spiro atoms. The Hall–Kier alpha value is -2.51. The third-order valence-corrected chi connectivity index (χ3v) is 3.61. The minimum absolute atomic E-state index is 0.239. The molecule has 0 amide bonds. The first-order chi connectivity index (χ1) is 12.3. The van der Waals surface area contributed by atoms with Gasteiger partial charge in [0.2, 0.25) is 0 Å². The van der Waals surface area contributed by atoms with Crippen LogP contribution in [0.4, 0.5) is 0 Å². The zero-order valence-corrected chi connectivity index (χ0v) is 14.5. The van der Waals surface area contributed by atoms with Crippen molar-refractivity contribution in [2.45, 2.75) is 6.10 Å². The Morgan fingerprint density at radius 3 is 1.85 bits per heavy atom. The Balaban J connectivity index is 1.99. The molecular weight excluding hydrogens is 363 g/mol. The zero-order valence-electron chi connectivity index (χ0n) is 13.6.